The number of piperidine rings is 1. The molecule has 3 heterocycles. The average molecular weight is 278 g/mol. The summed E-state index contributed by atoms with van der Waals surface area (Å²) in [6.07, 6.45) is 9.04. The van der Waals surface area contributed by atoms with Gasteiger partial charge in [-0.25, -0.2) is 0 Å². The molecule has 2 nitrogen and oxygen atoms in total. The minimum atomic E-state index is 0.705. The predicted molar refractivity (Wildman–Crippen MR) is 85.0 cm³/mol. The Hall–Kier alpha value is -1.67. The Kier molecular flexibility index (Phi) is 3.48. The van der Waals surface area contributed by atoms with Gasteiger partial charge < -0.3 is 0 Å². The van der Waals surface area contributed by atoms with Crippen LogP contribution < -0.4 is 0 Å². The first-order valence-corrected chi connectivity index (χ1v) is 8.08. The molecule has 1 fully saturated rings. The van der Waals surface area contributed by atoms with E-state index in [4.69, 9.17) is 0 Å². The molecule has 1 aromatic heterocycles. The number of benzene rings is 1. The molecule has 3 aliphatic rings. The summed E-state index contributed by atoms with van der Waals surface area (Å²) < 4.78 is 0. The van der Waals surface area contributed by atoms with Gasteiger partial charge in [-0.2, -0.15) is 0 Å². The number of hydrogen-bond acceptors (Lipinski definition) is 2. The Morgan fingerprint density at radius 2 is 1.71 bits per heavy atom. The zero-order valence-corrected chi connectivity index (χ0v) is 12.4. The van der Waals surface area contributed by atoms with Gasteiger partial charge in [-0.15, -0.1) is 0 Å². The van der Waals surface area contributed by atoms with Crippen molar-refractivity contribution in [3.63, 3.8) is 0 Å². The summed E-state index contributed by atoms with van der Waals surface area (Å²) >= 11 is 0. The molecule has 2 aromatic rings. The zero-order chi connectivity index (χ0) is 14.1. The van der Waals surface area contributed by atoms with Crippen molar-refractivity contribution in [2.45, 2.75) is 38.3 Å². The summed E-state index contributed by atoms with van der Waals surface area (Å²) in [5, 5.41) is 0. The van der Waals surface area contributed by atoms with E-state index in [-0.39, 0.29) is 0 Å². The highest BCUT2D eigenvalue weighted by Crippen LogP contribution is 2.32. The fraction of sp³-hybridized carbons (Fsp3) is 0.421. The third-order valence-corrected chi connectivity index (χ3v) is 5.13. The van der Waals surface area contributed by atoms with Gasteiger partial charge in [-0.1, -0.05) is 24.3 Å². The summed E-state index contributed by atoms with van der Waals surface area (Å²) in [5.41, 5.74) is 4.56. The highest BCUT2D eigenvalue weighted by Gasteiger charge is 2.31. The fourth-order valence-electron chi connectivity index (χ4n) is 4.02. The van der Waals surface area contributed by atoms with Gasteiger partial charge in [0.05, 0.1) is 0 Å². The maximum Gasteiger partial charge on any atom is 0.0271 e. The molecule has 0 saturated carbocycles. The van der Waals surface area contributed by atoms with E-state index in [2.05, 4.69) is 46.3 Å². The van der Waals surface area contributed by atoms with Crippen LogP contribution in [0.2, 0.25) is 0 Å². The Labute approximate surface area is 126 Å². The molecule has 0 unspecified atom stereocenters. The lowest BCUT2D eigenvalue weighted by atomic mass is 9.80. The van der Waals surface area contributed by atoms with E-state index in [1.165, 1.54) is 37.8 Å². The van der Waals surface area contributed by atoms with Gasteiger partial charge in [0, 0.05) is 31.5 Å². The summed E-state index contributed by atoms with van der Waals surface area (Å²) in [4.78, 5) is 6.84. The topological polar surface area (TPSA) is 16.1 Å². The molecule has 2 heteroatoms. The van der Waals surface area contributed by atoms with Crippen LogP contribution in [-0.2, 0) is 19.4 Å². The van der Waals surface area contributed by atoms with Crippen LogP contribution in [0.25, 0.3) is 0 Å². The Bertz CT molecular complexity index is 608. The fourth-order valence-corrected chi connectivity index (χ4v) is 4.02. The maximum absolute atomic E-state index is 4.13. The van der Waals surface area contributed by atoms with E-state index in [0.29, 0.717) is 6.04 Å². The Morgan fingerprint density at radius 1 is 0.952 bits per heavy atom. The second-order valence-electron chi connectivity index (χ2n) is 6.56. The molecule has 108 valence electrons. The van der Waals surface area contributed by atoms with Crippen LogP contribution in [0.5, 0.6) is 0 Å². The van der Waals surface area contributed by atoms with E-state index in [0.717, 1.165) is 12.5 Å². The molecule has 0 radical (unpaired) electrons. The minimum absolute atomic E-state index is 0.705. The Morgan fingerprint density at radius 3 is 2.52 bits per heavy atom. The molecule has 2 aliphatic heterocycles. The molecule has 1 aromatic carbocycles. The van der Waals surface area contributed by atoms with E-state index >= 15 is 0 Å². The van der Waals surface area contributed by atoms with Crippen molar-refractivity contribution in [1.82, 2.24) is 9.88 Å². The van der Waals surface area contributed by atoms with Crippen molar-refractivity contribution in [3.05, 3.63) is 65.5 Å². The second kappa shape index (κ2) is 5.61. The summed E-state index contributed by atoms with van der Waals surface area (Å²) in [6, 6.07) is 14.1. The normalized spacial score (nSPS) is 25.1. The SMILES string of the molecule is c1ccc2c(c1)C[C@H]1CC[C@H](C2)N(Cc2ccncc2)C1. The van der Waals surface area contributed by atoms with E-state index < -0.39 is 0 Å². The van der Waals surface area contributed by atoms with Crippen LogP contribution in [0.3, 0.4) is 0 Å². The second-order valence-corrected chi connectivity index (χ2v) is 6.56. The molecular weight excluding hydrogens is 256 g/mol. The first kappa shape index (κ1) is 13.0. The molecule has 1 aliphatic carbocycles. The summed E-state index contributed by atoms with van der Waals surface area (Å²) in [5.74, 6) is 0.824. The number of fused-ring (bicyclic) bond motifs is 2. The third kappa shape index (κ3) is 2.73. The molecule has 2 bridgehead atoms. The van der Waals surface area contributed by atoms with Crippen molar-refractivity contribution in [1.29, 1.82) is 0 Å². The van der Waals surface area contributed by atoms with E-state index in [1.807, 2.05) is 12.4 Å². The van der Waals surface area contributed by atoms with Crippen LogP contribution in [0.1, 0.15) is 29.5 Å². The van der Waals surface area contributed by atoms with E-state index in [1.54, 1.807) is 11.1 Å². The number of nitrogens with zero attached hydrogens (tertiary/aromatic N) is 2. The van der Waals surface area contributed by atoms with Crippen LogP contribution in [0.15, 0.2) is 48.8 Å². The molecule has 0 amide bonds. The van der Waals surface area contributed by atoms with E-state index in [9.17, 15) is 0 Å². The molecular formula is C19H22N2. The first-order chi connectivity index (χ1) is 10.4. The van der Waals surface area contributed by atoms with Crippen molar-refractivity contribution < 1.29 is 0 Å². The van der Waals surface area contributed by atoms with Gasteiger partial charge >= 0.3 is 0 Å². The van der Waals surface area contributed by atoms with Gasteiger partial charge in [0.2, 0.25) is 0 Å². The number of aromatic nitrogens is 1. The monoisotopic (exact) mass is 278 g/mol. The highest BCUT2D eigenvalue weighted by atomic mass is 15.2. The minimum Gasteiger partial charge on any atom is -0.296 e. The standard InChI is InChI=1S/C19H22N2/c1-2-4-18-12-19-6-5-16(11-17(18)3-1)14-21(19)13-15-7-9-20-10-8-15/h1-4,7-10,16,19H,5-6,11-14H2/t16-,19-/m1/s1. The molecule has 5 rings (SSSR count). The molecule has 0 N–H and O–H groups in total. The lowest BCUT2D eigenvalue weighted by Gasteiger charge is -2.42. The van der Waals surface area contributed by atoms with Gasteiger partial charge in [0.25, 0.3) is 0 Å². The summed E-state index contributed by atoms with van der Waals surface area (Å²) in [7, 11) is 0. The largest absolute Gasteiger partial charge is 0.296 e. The van der Waals surface area contributed by atoms with Crippen LogP contribution in [0.4, 0.5) is 0 Å². The van der Waals surface area contributed by atoms with Gasteiger partial charge in [0.15, 0.2) is 0 Å². The Balaban J connectivity index is 1.59. The molecule has 1 saturated heterocycles. The lowest BCUT2D eigenvalue weighted by molar-refractivity contribution is 0.0938. The highest BCUT2D eigenvalue weighted by molar-refractivity contribution is 5.30. The average Bonchev–Trinajstić information content (AvgIpc) is 2.49. The predicted octanol–water partition coefficient (Wildman–Crippen LogP) is 3.46. The van der Waals surface area contributed by atoms with Crippen molar-refractivity contribution >= 4 is 0 Å². The van der Waals surface area contributed by atoms with Crippen molar-refractivity contribution in [2.24, 2.45) is 5.92 Å². The number of rotatable bonds is 2. The lowest BCUT2D eigenvalue weighted by Crippen LogP contribution is -2.46. The van der Waals surface area contributed by atoms with Gasteiger partial charge in [-0.3, -0.25) is 9.88 Å². The first-order valence-electron chi connectivity index (χ1n) is 8.08. The maximum atomic E-state index is 4.13. The third-order valence-electron chi connectivity index (χ3n) is 5.13. The number of hydrogen-bond donors (Lipinski definition) is 0. The van der Waals surface area contributed by atoms with Crippen LogP contribution >= 0.6 is 0 Å². The van der Waals surface area contributed by atoms with Gasteiger partial charge in [0.1, 0.15) is 0 Å². The molecule has 2 atom stereocenters. The van der Waals surface area contributed by atoms with Crippen molar-refractivity contribution in [2.75, 3.05) is 6.54 Å². The zero-order valence-electron chi connectivity index (χ0n) is 12.4. The summed E-state index contributed by atoms with van der Waals surface area (Å²) in [6.45, 7) is 2.33. The number of pyridine rings is 1. The smallest absolute Gasteiger partial charge is 0.0271 e. The van der Waals surface area contributed by atoms with Gasteiger partial charge in [-0.05, 0) is 60.4 Å². The van der Waals surface area contributed by atoms with Crippen LogP contribution in [-0.4, -0.2) is 22.5 Å². The quantitative estimate of drug-likeness (QED) is 0.836. The molecule has 0 spiro atoms. The molecule has 21 heavy (non-hydrogen) atoms. The van der Waals surface area contributed by atoms with Crippen LogP contribution in [0, 0.1) is 5.92 Å². The van der Waals surface area contributed by atoms with Crippen molar-refractivity contribution in [3.8, 4) is 0 Å².